The number of hydrogen-bond donors (Lipinski definition) is 2. The molecule has 0 radical (unpaired) electrons. The molecule has 1 aromatic carbocycles. The highest BCUT2D eigenvalue weighted by Crippen LogP contribution is 2.29. The zero-order chi connectivity index (χ0) is 16.6. The smallest absolute Gasteiger partial charge is 0.213 e. The standard InChI is InChI=1S/C8H4F3N3OS.C2H6O.CH5N/c9-4-1-3(2-15)7-6(5(4)10)13-8(12)14(7)16-11;1-3-2;1-2/h1-2H,(H2,12,13);1-2H3;2H2,1H3. The van der Waals surface area contributed by atoms with Crippen LogP contribution < -0.4 is 11.5 Å². The normalized spacial score (nSPS) is 9.48. The van der Waals surface area contributed by atoms with Crippen molar-refractivity contribution in [3.8, 4) is 0 Å². The van der Waals surface area contributed by atoms with E-state index >= 15 is 0 Å². The topological polar surface area (TPSA) is 96.2 Å². The van der Waals surface area contributed by atoms with E-state index in [0.717, 1.165) is 0 Å². The Morgan fingerprint density at radius 1 is 1.38 bits per heavy atom. The number of halogens is 3. The van der Waals surface area contributed by atoms with Gasteiger partial charge in [-0.2, -0.15) is 0 Å². The molecule has 1 heterocycles. The van der Waals surface area contributed by atoms with Crippen molar-refractivity contribution in [2.24, 2.45) is 5.73 Å². The van der Waals surface area contributed by atoms with Crippen LogP contribution in [0.2, 0.25) is 0 Å². The van der Waals surface area contributed by atoms with Gasteiger partial charge in [-0.05, 0) is 13.1 Å². The van der Waals surface area contributed by atoms with Gasteiger partial charge in [-0.25, -0.2) is 17.7 Å². The Kier molecular flexibility index (Phi) is 8.43. The van der Waals surface area contributed by atoms with Crippen molar-refractivity contribution < 1.29 is 22.2 Å². The highest BCUT2D eigenvalue weighted by molar-refractivity contribution is 7.93. The maximum absolute atomic E-state index is 13.3. The number of rotatable bonds is 2. The van der Waals surface area contributed by atoms with Crippen LogP contribution in [0, 0.1) is 11.6 Å². The van der Waals surface area contributed by atoms with Crippen LogP contribution in [-0.2, 0) is 4.74 Å². The van der Waals surface area contributed by atoms with Crippen LogP contribution in [0.3, 0.4) is 0 Å². The quantitative estimate of drug-likeness (QED) is 0.820. The van der Waals surface area contributed by atoms with Gasteiger partial charge in [0.15, 0.2) is 30.3 Å². The number of carbonyl (C=O) groups is 1. The average molecular weight is 324 g/mol. The van der Waals surface area contributed by atoms with Crippen LogP contribution in [-0.4, -0.2) is 36.5 Å². The molecule has 0 atom stereocenters. The maximum atomic E-state index is 13.3. The third-order valence-corrected chi connectivity index (χ3v) is 2.54. The molecule has 0 aliphatic rings. The fourth-order valence-corrected chi connectivity index (χ4v) is 1.74. The van der Waals surface area contributed by atoms with Crippen molar-refractivity contribution in [1.82, 2.24) is 8.96 Å². The lowest BCUT2D eigenvalue weighted by molar-refractivity contribution is 0.112. The van der Waals surface area contributed by atoms with Crippen LogP contribution >= 0.6 is 12.3 Å². The molecule has 0 aliphatic carbocycles. The number of aldehydes is 1. The van der Waals surface area contributed by atoms with Gasteiger partial charge in [0.25, 0.3) is 0 Å². The summed E-state index contributed by atoms with van der Waals surface area (Å²) in [4.78, 5) is 14.1. The minimum Gasteiger partial charge on any atom is -0.388 e. The van der Waals surface area contributed by atoms with E-state index in [-0.39, 0.29) is 35.6 Å². The first-order valence-electron chi connectivity index (χ1n) is 5.39. The van der Waals surface area contributed by atoms with Crippen LogP contribution in [0.1, 0.15) is 10.4 Å². The summed E-state index contributed by atoms with van der Waals surface area (Å²) in [7, 11) is 4.75. The van der Waals surface area contributed by atoms with Crippen LogP contribution in [0.5, 0.6) is 0 Å². The molecule has 0 spiro atoms. The van der Waals surface area contributed by atoms with Crippen molar-refractivity contribution in [3.63, 3.8) is 0 Å². The number of anilines is 1. The number of ether oxygens (including phenoxy) is 1. The number of nitrogens with zero attached hydrogens (tertiary/aromatic N) is 2. The van der Waals surface area contributed by atoms with E-state index in [4.69, 9.17) is 5.73 Å². The Hall–Kier alpha value is -1.78. The maximum Gasteiger partial charge on any atom is 0.213 e. The number of hydrogen-bond acceptors (Lipinski definition) is 6. The molecule has 4 N–H and O–H groups in total. The summed E-state index contributed by atoms with van der Waals surface area (Å²) >= 11 is -0.343. The van der Waals surface area contributed by atoms with Crippen molar-refractivity contribution in [3.05, 3.63) is 23.3 Å². The number of fused-ring (bicyclic) bond motifs is 1. The first-order chi connectivity index (χ1) is 10.0. The second kappa shape index (κ2) is 9.21. The van der Waals surface area contributed by atoms with E-state index in [9.17, 15) is 17.5 Å². The highest BCUT2D eigenvalue weighted by atomic mass is 32.2. The number of benzene rings is 1. The first-order valence-corrected chi connectivity index (χ1v) is 6.07. The highest BCUT2D eigenvalue weighted by Gasteiger charge is 2.20. The summed E-state index contributed by atoms with van der Waals surface area (Å²) in [6, 6.07) is 0.665. The number of carbonyl (C=O) groups excluding carboxylic acids is 1. The molecule has 0 unspecified atom stereocenters. The second-order valence-corrected chi connectivity index (χ2v) is 3.82. The fourth-order valence-electron chi connectivity index (χ4n) is 1.37. The molecule has 0 amide bonds. The number of imidazole rings is 1. The average Bonchev–Trinajstić information content (AvgIpc) is 2.82. The lowest BCUT2D eigenvalue weighted by atomic mass is 10.2. The van der Waals surface area contributed by atoms with Gasteiger partial charge in [0.05, 0.1) is 5.52 Å². The zero-order valence-corrected chi connectivity index (χ0v) is 12.4. The molecule has 118 valence electrons. The summed E-state index contributed by atoms with van der Waals surface area (Å²) in [6.07, 6.45) is 0.276. The van der Waals surface area contributed by atoms with Crippen LogP contribution in [0.25, 0.3) is 11.0 Å². The Morgan fingerprint density at radius 3 is 2.33 bits per heavy atom. The molecule has 10 heteroatoms. The summed E-state index contributed by atoms with van der Waals surface area (Å²) < 4.78 is 43.8. The molecular formula is C11H15F3N4O2S. The molecule has 21 heavy (non-hydrogen) atoms. The van der Waals surface area contributed by atoms with Crippen molar-refractivity contribution in [2.45, 2.75) is 0 Å². The summed E-state index contributed by atoms with van der Waals surface area (Å²) in [6.45, 7) is 0. The lowest BCUT2D eigenvalue weighted by Crippen LogP contribution is -1.96. The predicted molar refractivity (Wildman–Crippen MR) is 76.6 cm³/mol. The SMILES string of the molecule is CN.COC.Nc1nc2c(F)c(F)cc(C=O)c2n1SF. The summed E-state index contributed by atoms with van der Waals surface area (Å²) in [5, 5.41) is 0. The monoisotopic (exact) mass is 324 g/mol. The van der Waals surface area contributed by atoms with Gasteiger partial charge in [-0.15, -0.1) is 3.89 Å². The summed E-state index contributed by atoms with van der Waals surface area (Å²) in [5.74, 6) is -2.85. The molecule has 6 nitrogen and oxygen atoms in total. The molecular weight excluding hydrogens is 309 g/mol. The molecule has 2 rings (SSSR count). The number of nitrogens with two attached hydrogens (primary N) is 2. The summed E-state index contributed by atoms with van der Waals surface area (Å²) in [5.41, 5.74) is 8.92. The third-order valence-electron chi connectivity index (χ3n) is 2.03. The Balaban J connectivity index is 0.000000713. The van der Waals surface area contributed by atoms with E-state index in [1.165, 1.54) is 7.05 Å². The van der Waals surface area contributed by atoms with Crippen molar-refractivity contribution >= 4 is 35.6 Å². The van der Waals surface area contributed by atoms with E-state index in [1.807, 2.05) is 0 Å². The van der Waals surface area contributed by atoms with Gasteiger partial charge >= 0.3 is 0 Å². The van der Waals surface area contributed by atoms with E-state index < -0.39 is 17.2 Å². The van der Waals surface area contributed by atoms with Crippen LogP contribution in [0.15, 0.2) is 6.07 Å². The van der Waals surface area contributed by atoms with Crippen molar-refractivity contribution in [1.29, 1.82) is 0 Å². The molecule has 0 saturated carbocycles. The van der Waals surface area contributed by atoms with E-state index in [2.05, 4.69) is 15.5 Å². The minimum absolute atomic E-state index is 0.182. The second-order valence-electron chi connectivity index (χ2n) is 3.32. The molecule has 1 aromatic heterocycles. The van der Waals surface area contributed by atoms with E-state index in [1.54, 1.807) is 14.2 Å². The number of methoxy groups -OCH3 is 1. The van der Waals surface area contributed by atoms with Crippen molar-refractivity contribution in [2.75, 3.05) is 27.0 Å². The first kappa shape index (κ1) is 19.2. The lowest BCUT2D eigenvalue weighted by Gasteiger charge is -2.00. The van der Waals surface area contributed by atoms with Crippen LogP contribution in [0.4, 0.5) is 18.6 Å². The van der Waals surface area contributed by atoms with Gasteiger partial charge in [0.1, 0.15) is 5.52 Å². The Morgan fingerprint density at radius 2 is 1.90 bits per heavy atom. The van der Waals surface area contributed by atoms with Gasteiger partial charge in [0.2, 0.25) is 5.95 Å². The third kappa shape index (κ3) is 4.09. The van der Waals surface area contributed by atoms with Gasteiger partial charge in [-0.1, -0.05) is 0 Å². The van der Waals surface area contributed by atoms with Gasteiger partial charge in [0, 0.05) is 19.8 Å². The number of aromatic nitrogens is 2. The Bertz CT molecular complexity index is 607. The van der Waals surface area contributed by atoms with Gasteiger partial charge < -0.3 is 16.2 Å². The minimum atomic E-state index is -1.26. The molecule has 0 bridgehead atoms. The molecule has 0 saturated heterocycles. The largest absolute Gasteiger partial charge is 0.388 e. The predicted octanol–water partition coefficient (Wildman–Crippen LogP) is 1.93. The molecule has 0 fully saturated rings. The number of nitrogen functional groups attached to an aromatic ring is 1. The molecule has 0 aliphatic heterocycles. The van der Waals surface area contributed by atoms with Gasteiger partial charge in [-0.3, -0.25) is 4.79 Å². The molecule has 2 aromatic rings. The fraction of sp³-hybridized carbons (Fsp3) is 0.273. The van der Waals surface area contributed by atoms with E-state index in [0.29, 0.717) is 10.0 Å². The zero-order valence-electron chi connectivity index (χ0n) is 11.6. The Labute approximate surface area is 123 Å².